The minimum atomic E-state index is -3.97. The molecule has 0 bridgehead atoms. The van der Waals surface area contributed by atoms with Gasteiger partial charge in [-0.05, 0) is 67.6 Å². The van der Waals surface area contributed by atoms with E-state index in [1.807, 2.05) is 13.0 Å². The van der Waals surface area contributed by atoms with Gasteiger partial charge in [-0.2, -0.15) is 0 Å². The van der Waals surface area contributed by atoms with Crippen LogP contribution in [0.1, 0.15) is 17.3 Å². The number of nitrogens with one attached hydrogen (secondary N) is 2. The summed E-state index contributed by atoms with van der Waals surface area (Å²) in [7, 11) is -3.97. The topological polar surface area (TPSA) is 97.4 Å². The fourth-order valence-electron chi connectivity index (χ4n) is 2.92. The van der Waals surface area contributed by atoms with Gasteiger partial charge < -0.3 is 4.74 Å². The normalized spacial score (nSPS) is 11.3. The fraction of sp³-hybridized carbons (Fsp3) is 0.0909. The third-order valence-corrected chi connectivity index (χ3v) is 6.71. The van der Waals surface area contributed by atoms with Crippen LogP contribution in [0.4, 0.5) is 15.2 Å². The number of anilines is 2. The summed E-state index contributed by atoms with van der Waals surface area (Å²) < 4.78 is 47.1. The molecular formula is C22H18FN3O4S2. The number of benzene rings is 3. The number of hydrogen-bond acceptors (Lipinski definition) is 6. The van der Waals surface area contributed by atoms with Crippen LogP contribution in [0.5, 0.6) is 5.75 Å². The van der Waals surface area contributed by atoms with Crippen LogP contribution in [0.2, 0.25) is 0 Å². The summed E-state index contributed by atoms with van der Waals surface area (Å²) in [5.41, 5.74) is 1.08. The molecule has 164 valence electrons. The largest absolute Gasteiger partial charge is 0.494 e. The molecule has 0 spiro atoms. The van der Waals surface area contributed by atoms with Crippen LogP contribution in [-0.2, 0) is 10.0 Å². The number of fused-ring (bicyclic) bond motifs is 1. The lowest BCUT2D eigenvalue weighted by Gasteiger charge is -2.09. The van der Waals surface area contributed by atoms with Gasteiger partial charge in [0.1, 0.15) is 11.6 Å². The van der Waals surface area contributed by atoms with E-state index in [-0.39, 0.29) is 16.1 Å². The first kappa shape index (κ1) is 21.7. The molecule has 7 nitrogen and oxygen atoms in total. The van der Waals surface area contributed by atoms with E-state index in [0.29, 0.717) is 23.0 Å². The van der Waals surface area contributed by atoms with E-state index in [2.05, 4.69) is 15.0 Å². The lowest BCUT2D eigenvalue weighted by molar-refractivity contribution is 0.102. The summed E-state index contributed by atoms with van der Waals surface area (Å²) in [6.45, 7) is 2.44. The molecule has 0 atom stereocenters. The van der Waals surface area contributed by atoms with Gasteiger partial charge in [0.05, 0.1) is 21.7 Å². The molecule has 2 N–H and O–H groups in total. The molecule has 0 aliphatic rings. The second-order valence-corrected chi connectivity index (χ2v) is 9.39. The first-order chi connectivity index (χ1) is 15.3. The monoisotopic (exact) mass is 471 g/mol. The van der Waals surface area contributed by atoms with Gasteiger partial charge in [-0.25, -0.2) is 17.8 Å². The number of aromatic nitrogens is 1. The molecule has 32 heavy (non-hydrogen) atoms. The Morgan fingerprint density at radius 2 is 1.88 bits per heavy atom. The number of carbonyl (C=O) groups excluding carboxylic acids is 1. The number of amides is 1. The number of carbonyl (C=O) groups is 1. The van der Waals surface area contributed by atoms with Gasteiger partial charge in [-0.1, -0.05) is 17.4 Å². The van der Waals surface area contributed by atoms with Crippen molar-refractivity contribution < 1.29 is 22.3 Å². The average molecular weight is 472 g/mol. The van der Waals surface area contributed by atoms with Gasteiger partial charge in [0, 0.05) is 11.3 Å². The van der Waals surface area contributed by atoms with Crippen molar-refractivity contribution in [3.8, 4) is 5.75 Å². The molecule has 1 heterocycles. The highest BCUT2D eigenvalue weighted by Crippen LogP contribution is 2.29. The summed E-state index contributed by atoms with van der Waals surface area (Å²) in [6.07, 6.45) is 0. The highest BCUT2D eigenvalue weighted by atomic mass is 32.2. The van der Waals surface area contributed by atoms with Crippen molar-refractivity contribution in [3.05, 3.63) is 78.1 Å². The lowest BCUT2D eigenvalue weighted by Crippen LogP contribution is -2.16. The molecule has 0 fully saturated rings. The van der Waals surface area contributed by atoms with Gasteiger partial charge in [-0.3, -0.25) is 14.8 Å². The molecule has 1 amide bonds. The van der Waals surface area contributed by atoms with E-state index in [1.165, 1.54) is 47.7 Å². The van der Waals surface area contributed by atoms with Crippen molar-refractivity contribution in [2.75, 3.05) is 16.6 Å². The van der Waals surface area contributed by atoms with E-state index in [1.54, 1.807) is 12.1 Å². The average Bonchev–Trinajstić information content (AvgIpc) is 3.17. The standard InChI is InChI=1S/C22H18FN3O4S2/c1-2-30-17-10-11-19-20(13-17)31-22(24-19)25-21(27)14-4-3-5-18(12-14)32(28,29)26-16-8-6-15(23)7-9-16/h3-13,26H,2H2,1H3,(H,24,25,27). The molecule has 0 radical (unpaired) electrons. The number of halogens is 1. The Labute approximate surface area is 187 Å². The maximum absolute atomic E-state index is 13.1. The van der Waals surface area contributed by atoms with E-state index in [9.17, 15) is 17.6 Å². The molecule has 4 aromatic rings. The van der Waals surface area contributed by atoms with Crippen molar-refractivity contribution in [3.63, 3.8) is 0 Å². The second kappa shape index (κ2) is 8.93. The number of ether oxygens (including phenoxy) is 1. The summed E-state index contributed by atoms with van der Waals surface area (Å²) in [5, 5.41) is 3.09. The van der Waals surface area contributed by atoms with E-state index in [4.69, 9.17) is 4.74 Å². The van der Waals surface area contributed by atoms with Crippen LogP contribution < -0.4 is 14.8 Å². The minimum Gasteiger partial charge on any atom is -0.494 e. The Morgan fingerprint density at radius 3 is 2.62 bits per heavy atom. The molecule has 3 aromatic carbocycles. The van der Waals surface area contributed by atoms with Gasteiger partial charge in [0.15, 0.2) is 5.13 Å². The van der Waals surface area contributed by atoms with Crippen LogP contribution >= 0.6 is 11.3 Å². The highest BCUT2D eigenvalue weighted by Gasteiger charge is 2.17. The van der Waals surface area contributed by atoms with Gasteiger partial charge in [0.2, 0.25) is 0 Å². The minimum absolute atomic E-state index is 0.0971. The maximum Gasteiger partial charge on any atom is 0.261 e. The molecule has 10 heteroatoms. The van der Waals surface area contributed by atoms with Crippen molar-refractivity contribution in [1.29, 1.82) is 0 Å². The van der Waals surface area contributed by atoms with Crippen LogP contribution in [-0.4, -0.2) is 25.9 Å². The Bertz CT molecular complexity index is 1390. The van der Waals surface area contributed by atoms with Crippen LogP contribution in [0.15, 0.2) is 71.6 Å². The smallest absolute Gasteiger partial charge is 0.261 e. The summed E-state index contributed by atoms with van der Waals surface area (Å²) >= 11 is 1.29. The molecule has 0 unspecified atom stereocenters. The Balaban J connectivity index is 1.53. The van der Waals surface area contributed by atoms with Gasteiger partial charge in [0.25, 0.3) is 15.9 Å². The first-order valence-electron chi connectivity index (χ1n) is 9.57. The van der Waals surface area contributed by atoms with Crippen LogP contribution in [0, 0.1) is 5.82 Å². The van der Waals surface area contributed by atoms with E-state index < -0.39 is 21.7 Å². The molecule has 4 rings (SSSR count). The summed E-state index contributed by atoms with van der Waals surface area (Å²) in [6, 6.07) is 16.0. The first-order valence-corrected chi connectivity index (χ1v) is 11.9. The molecule has 0 saturated heterocycles. The van der Waals surface area contributed by atoms with Crippen molar-refractivity contribution in [2.24, 2.45) is 0 Å². The van der Waals surface area contributed by atoms with Crippen molar-refractivity contribution in [2.45, 2.75) is 11.8 Å². The number of hydrogen-bond donors (Lipinski definition) is 2. The van der Waals surface area contributed by atoms with Crippen LogP contribution in [0.25, 0.3) is 10.2 Å². The SMILES string of the molecule is CCOc1ccc2nc(NC(=O)c3cccc(S(=O)(=O)Nc4ccc(F)cc4)c3)sc2c1. The lowest BCUT2D eigenvalue weighted by atomic mass is 10.2. The maximum atomic E-state index is 13.1. The van der Waals surface area contributed by atoms with Crippen LogP contribution in [0.3, 0.4) is 0 Å². The molecule has 0 aliphatic carbocycles. The van der Waals surface area contributed by atoms with Crippen molar-refractivity contribution >= 4 is 48.3 Å². The van der Waals surface area contributed by atoms with E-state index >= 15 is 0 Å². The zero-order valence-corrected chi connectivity index (χ0v) is 18.5. The molecule has 0 saturated carbocycles. The zero-order chi connectivity index (χ0) is 22.7. The third-order valence-electron chi connectivity index (χ3n) is 4.39. The summed E-state index contributed by atoms with van der Waals surface area (Å²) in [4.78, 5) is 17.0. The Kier molecular flexibility index (Phi) is 6.06. The Hall–Kier alpha value is -3.50. The number of thiazole rings is 1. The van der Waals surface area contributed by atoms with Gasteiger partial charge in [-0.15, -0.1) is 0 Å². The van der Waals surface area contributed by atoms with E-state index in [0.717, 1.165) is 16.8 Å². The number of nitrogens with zero attached hydrogens (tertiary/aromatic N) is 1. The number of rotatable bonds is 7. The van der Waals surface area contributed by atoms with Crippen molar-refractivity contribution in [1.82, 2.24) is 4.98 Å². The molecule has 1 aromatic heterocycles. The zero-order valence-electron chi connectivity index (χ0n) is 16.8. The highest BCUT2D eigenvalue weighted by molar-refractivity contribution is 7.92. The molecular weight excluding hydrogens is 453 g/mol. The number of sulfonamides is 1. The third kappa shape index (κ3) is 4.87. The summed E-state index contributed by atoms with van der Waals surface area (Å²) in [5.74, 6) is -0.253. The Morgan fingerprint density at radius 1 is 1.09 bits per heavy atom. The molecule has 0 aliphatic heterocycles. The quantitative estimate of drug-likeness (QED) is 0.400. The van der Waals surface area contributed by atoms with Gasteiger partial charge >= 0.3 is 0 Å². The predicted molar refractivity (Wildman–Crippen MR) is 122 cm³/mol. The second-order valence-electron chi connectivity index (χ2n) is 6.68. The fourth-order valence-corrected chi connectivity index (χ4v) is 4.91. The predicted octanol–water partition coefficient (Wildman–Crippen LogP) is 4.89.